The molecule has 16 heavy (non-hydrogen) atoms. The van der Waals surface area contributed by atoms with Crippen molar-refractivity contribution in [3.05, 3.63) is 23.7 Å². The van der Waals surface area contributed by atoms with Crippen LogP contribution in [0.4, 0.5) is 0 Å². The summed E-state index contributed by atoms with van der Waals surface area (Å²) in [6.07, 6.45) is 5.74. The van der Waals surface area contributed by atoms with E-state index in [1.165, 1.54) is 31.4 Å². The SMILES string of the molecule is Cc1ccoc1C1C(CN)CCN1C1CC1. The molecule has 2 N–H and O–H groups in total. The molecular formula is C13H20N2O. The molecule has 0 amide bonds. The summed E-state index contributed by atoms with van der Waals surface area (Å²) in [4.78, 5) is 2.61. The Morgan fingerprint density at radius 2 is 2.25 bits per heavy atom. The third-order valence-electron chi connectivity index (χ3n) is 4.05. The number of furan rings is 1. The van der Waals surface area contributed by atoms with Gasteiger partial charge in [0.1, 0.15) is 5.76 Å². The van der Waals surface area contributed by atoms with Gasteiger partial charge in [0.25, 0.3) is 0 Å². The van der Waals surface area contributed by atoms with Crippen LogP contribution in [0.2, 0.25) is 0 Å². The van der Waals surface area contributed by atoms with Gasteiger partial charge in [-0.3, -0.25) is 4.90 Å². The molecule has 2 atom stereocenters. The predicted molar refractivity (Wildman–Crippen MR) is 63.1 cm³/mol. The van der Waals surface area contributed by atoms with Crippen molar-refractivity contribution in [2.24, 2.45) is 11.7 Å². The van der Waals surface area contributed by atoms with Gasteiger partial charge in [0, 0.05) is 6.04 Å². The van der Waals surface area contributed by atoms with Crippen LogP contribution < -0.4 is 5.73 Å². The number of nitrogens with zero attached hydrogens (tertiary/aromatic N) is 1. The van der Waals surface area contributed by atoms with Crippen molar-refractivity contribution >= 4 is 0 Å². The highest BCUT2D eigenvalue weighted by Gasteiger charge is 2.43. The minimum atomic E-state index is 0.437. The lowest BCUT2D eigenvalue weighted by atomic mass is 9.96. The number of rotatable bonds is 3. The van der Waals surface area contributed by atoms with Gasteiger partial charge in [0.05, 0.1) is 12.3 Å². The highest BCUT2D eigenvalue weighted by atomic mass is 16.3. The second kappa shape index (κ2) is 3.90. The summed E-state index contributed by atoms with van der Waals surface area (Å²) in [6.45, 7) is 4.10. The lowest BCUT2D eigenvalue weighted by molar-refractivity contribution is 0.191. The molecule has 2 aliphatic rings. The van der Waals surface area contributed by atoms with Gasteiger partial charge in [0.2, 0.25) is 0 Å². The minimum absolute atomic E-state index is 0.437. The summed E-state index contributed by atoms with van der Waals surface area (Å²) in [5, 5.41) is 0. The molecule has 0 aromatic carbocycles. The van der Waals surface area contributed by atoms with Crippen LogP contribution in [0.3, 0.4) is 0 Å². The zero-order valence-corrected chi connectivity index (χ0v) is 9.86. The lowest BCUT2D eigenvalue weighted by Gasteiger charge is -2.26. The van der Waals surface area contributed by atoms with Gasteiger partial charge in [-0.1, -0.05) is 0 Å². The van der Waals surface area contributed by atoms with Gasteiger partial charge in [-0.05, 0) is 56.8 Å². The van der Waals surface area contributed by atoms with Gasteiger partial charge in [-0.25, -0.2) is 0 Å². The van der Waals surface area contributed by atoms with Gasteiger partial charge in [0.15, 0.2) is 0 Å². The van der Waals surface area contributed by atoms with Crippen molar-refractivity contribution in [1.82, 2.24) is 4.90 Å². The topological polar surface area (TPSA) is 42.4 Å². The molecule has 1 aliphatic heterocycles. The van der Waals surface area contributed by atoms with Crippen molar-refractivity contribution in [1.29, 1.82) is 0 Å². The molecular weight excluding hydrogens is 200 g/mol. The summed E-state index contributed by atoms with van der Waals surface area (Å²) < 4.78 is 5.69. The molecule has 2 unspecified atom stereocenters. The van der Waals surface area contributed by atoms with E-state index in [0.717, 1.165) is 18.3 Å². The Morgan fingerprint density at radius 1 is 1.44 bits per heavy atom. The fourth-order valence-electron chi connectivity index (χ4n) is 3.00. The van der Waals surface area contributed by atoms with Crippen molar-refractivity contribution < 1.29 is 4.42 Å². The number of hydrogen-bond acceptors (Lipinski definition) is 3. The van der Waals surface area contributed by atoms with E-state index in [-0.39, 0.29) is 0 Å². The van der Waals surface area contributed by atoms with Gasteiger partial charge in [-0.15, -0.1) is 0 Å². The molecule has 1 saturated carbocycles. The van der Waals surface area contributed by atoms with E-state index >= 15 is 0 Å². The summed E-state index contributed by atoms with van der Waals surface area (Å²) in [7, 11) is 0. The Balaban J connectivity index is 1.90. The first-order chi connectivity index (χ1) is 7.81. The van der Waals surface area contributed by atoms with Crippen molar-refractivity contribution in [3.8, 4) is 0 Å². The van der Waals surface area contributed by atoms with Crippen LogP contribution in [0, 0.1) is 12.8 Å². The Morgan fingerprint density at radius 3 is 2.81 bits per heavy atom. The number of hydrogen-bond donors (Lipinski definition) is 1. The normalized spacial score (nSPS) is 31.1. The molecule has 2 fully saturated rings. The highest BCUT2D eigenvalue weighted by molar-refractivity contribution is 5.21. The Bertz CT molecular complexity index is 370. The molecule has 3 heteroatoms. The summed E-state index contributed by atoms with van der Waals surface area (Å²) >= 11 is 0. The molecule has 2 heterocycles. The van der Waals surface area contributed by atoms with E-state index in [4.69, 9.17) is 10.2 Å². The Labute approximate surface area is 96.6 Å². The maximum Gasteiger partial charge on any atom is 0.124 e. The average molecular weight is 220 g/mol. The van der Waals surface area contributed by atoms with Crippen LogP contribution in [0.15, 0.2) is 16.7 Å². The molecule has 0 bridgehead atoms. The van der Waals surface area contributed by atoms with E-state index in [9.17, 15) is 0 Å². The maximum absolute atomic E-state index is 5.89. The quantitative estimate of drug-likeness (QED) is 0.848. The van der Waals surface area contributed by atoms with Gasteiger partial charge < -0.3 is 10.2 Å². The van der Waals surface area contributed by atoms with E-state index in [1.54, 1.807) is 0 Å². The fourth-order valence-corrected chi connectivity index (χ4v) is 3.00. The van der Waals surface area contributed by atoms with Crippen LogP contribution in [-0.4, -0.2) is 24.0 Å². The van der Waals surface area contributed by atoms with Crippen LogP contribution >= 0.6 is 0 Å². The van der Waals surface area contributed by atoms with E-state index in [2.05, 4.69) is 17.9 Å². The fraction of sp³-hybridized carbons (Fsp3) is 0.692. The van der Waals surface area contributed by atoms with Gasteiger partial charge >= 0.3 is 0 Å². The largest absolute Gasteiger partial charge is 0.467 e. The molecule has 0 radical (unpaired) electrons. The number of nitrogens with two attached hydrogens (primary N) is 1. The second-order valence-corrected chi connectivity index (χ2v) is 5.17. The van der Waals surface area contributed by atoms with Crippen LogP contribution in [0.5, 0.6) is 0 Å². The summed E-state index contributed by atoms with van der Waals surface area (Å²) in [5.74, 6) is 1.73. The van der Waals surface area contributed by atoms with E-state index in [0.29, 0.717) is 12.0 Å². The zero-order chi connectivity index (χ0) is 11.1. The van der Waals surface area contributed by atoms with Crippen LogP contribution in [-0.2, 0) is 0 Å². The molecule has 1 aliphatic carbocycles. The maximum atomic E-state index is 5.89. The summed E-state index contributed by atoms with van der Waals surface area (Å²) in [6, 6.07) is 3.30. The Hall–Kier alpha value is -0.800. The molecule has 88 valence electrons. The highest BCUT2D eigenvalue weighted by Crippen LogP contribution is 2.44. The molecule has 1 saturated heterocycles. The van der Waals surface area contributed by atoms with Gasteiger partial charge in [-0.2, -0.15) is 0 Å². The smallest absolute Gasteiger partial charge is 0.124 e. The molecule has 1 aromatic heterocycles. The van der Waals surface area contributed by atoms with E-state index in [1.807, 2.05) is 6.26 Å². The number of likely N-dealkylation sites (tertiary alicyclic amines) is 1. The van der Waals surface area contributed by atoms with Crippen LogP contribution in [0.25, 0.3) is 0 Å². The average Bonchev–Trinajstić information content (AvgIpc) is 2.91. The standard InChI is InChI=1S/C13H20N2O/c1-9-5-7-16-13(9)12-10(8-14)4-6-15(12)11-2-3-11/h5,7,10-12H,2-4,6,8,14H2,1H3. The molecule has 1 aromatic rings. The molecule has 3 rings (SSSR count). The second-order valence-electron chi connectivity index (χ2n) is 5.17. The first-order valence-corrected chi connectivity index (χ1v) is 6.31. The monoisotopic (exact) mass is 220 g/mol. The molecule has 3 nitrogen and oxygen atoms in total. The van der Waals surface area contributed by atoms with Crippen molar-refractivity contribution in [3.63, 3.8) is 0 Å². The molecule has 0 spiro atoms. The third kappa shape index (κ3) is 1.59. The number of aryl methyl sites for hydroxylation is 1. The lowest BCUT2D eigenvalue weighted by Crippen LogP contribution is -2.30. The first-order valence-electron chi connectivity index (χ1n) is 6.31. The minimum Gasteiger partial charge on any atom is -0.467 e. The van der Waals surface area contributed by atoms with Crippen LogP contribution in [0.1, 0.15) is 36.6 Å². The predicted octanol–water partition coefficient (Wildman–Crippen LogP) is 2.07. The Kier molecular flexibility index (Phi) is 2.52. The van der Waals surface area contributed by atoms with Crippen molar-refractivity contribution in [2.45, 2.75) is 38.3 Å². The van der Waals surface area contributed by atoms with Crippen molar-refractivity contribution in [2.75, 3.05) is 13.1 Å². The third-order valence-corrected chi connectivity index (χ3v) is 4.05. The van der Waals surface area contributed by atoms with E-state index < -0.39 is 0 Å². The first kappa shape index (κ1) is 10.4. The summed E-state index contributed by atoms with van der Waals surface area (Å²) in [5.41, 5.74) is 7.17. The zero-order valence-electron chi connectivity index (χ0n) is 9.86.